The highest BCUT2D eigenvalue weighted by atomic mass is 16.5. The Labute approximate surface area is 191 Å². The third-order valence-corrected chi connectivity index (χ3v) is 5.87. The van der Waals surface area contributed by atoms with Crippen molar-refractivity contribution in [2.24, 2.45) is 5.92 Å². The molecule has 0 radical (unpaired) electrons. The van der Waals surface area contributed by atoms with Crippen LogP contribution in [0.15, 0.2) is 24.5 Å². The number of nitrogens with zero attached hydrogens (tertiary/aromatic N) is 3. The Morgan fingerprint density at radius 1 is 1.18 bits per heavy atom. The molecule has 174 valence electrons. The smallest absolute Gasteiger partial charge is 0.255 e. The van der Waals surface area contributed by atoms with Gasteiger partial charge in [0, 0.05) is 38.3 Å². The van der Waals surface area contributed by atoms with Gasteiger partial charge >= 0.3 is 0 Å². The molecule has 0 saturated carbocycles. The number of H-pyrrole nitrogens is 1. The number of carbonyl (C=O) groups excluding carboxylic acids is 2. The number of hydrogen-bond acceptors (Lipinski definition) is 7. The maximum Gasteiger partial charge on any atom is 0.255 e. The van der Waals surface area contributed by atoms with Crippen molar-refractivity contribution in [1.29, 1.82) is 0 Å². The van der Waals surface area contributed by atoms with E-state index in [1.54, 1.807) is 57.7 Å². The Kier molecular flexibility index (Phi) is 6.34. The number of aromatic amines is 1. The second-order valence-electron chi connectivity index (χ2n) is 7.90. The van der Waals surface area contributed by atoms with Crippen LogP contribution in [0.25, 0.3) is 22.4 Å². The molecule has 1 aliphatic rings. The van der Waals surface area contributed by atoms with Gasteiger partial charge in [-0.25, -0.2) is 9.97 Å². The summed E-state index contributed by atoms with van der Waals surface area (Å²) in [5, 5.41) is 2.97. The van der Waals surface area contributed by atoms with Crippen LogP contribution < -0.4 is 19.5 Å². The number of benzene rings is 1. The molecule has 10 heteroatoms. The third kappa shape index (κ3) is 4.41. The zero-order chi connectivity index (χ0) is 23.5. The summed E-state index contributed by atoms with van der Waals surface area (Å²) in [5.41, 5.74) is 2.66. The minimum Gasteiger partial charge on any atom is -0.493 e. The lowest BCUT2D eigenvalue weighted by Crippen LogP contribution is -2.32. The first-order valence-electron chi connectivity index (χ1n) is 10.6. The van der Waals surface area contributed by atoms with Crippen LogP contribution in [0.3, 0.4) is 0 Å². The second-order valence-corrected chi connectivity index (χ2v) is 7.90. The van der Waals surface area contributed by atoms with Crippen molar-refractivity contribution in [2.75, 3.05) is 41.0 Å². The second kappa shape index (κ2) is 9.35. The van der Waals surface area contributed by atoms with Crippen LogP contribution in [0.5, 0.6) is 17.2 Å². The molecule has 2 amide bonds. The fourth-order valence-corrected chi connectivity index (χ4v) is 4.05. The van der Waals surface area contributed by atoms with Gasteiger partial charge in [-0.2, -0.15) is 0 Å². The lowest BCUT2D eigenvalue weighted by molar-refractivity contribution is -0.127. The molecule has 0 aliphatic carbocycles. The van der Waals surface area contributed by atoms with E-state index >= 15 is 0 Å². The summed E-state index contributed by atoms with van der Waals surface area (Å²) in [5.74, 6) is 1.54. The zero-order valence-electron chi connectivity index (χ0n) is 19.1. The molecule has 1 unspecified atom stereocenters. The number of rotatable bonds is 7. The lowest BCUT2D eigenvalue weighted by Gasteiger charge is -2.14. The minimum absolute atomic E-state index is 0.0649. The Morgan fingerprint density at radius 3 is 2.52 bits per heavy atom. The van der Waals surface area contributed by atoms with E-state index in [-0.39, 0.29) is 17.7 Å². The Bertz CT molecular complexity index is 1170. The highest BCUT2D eigenvalue weighted by Crippen LogP contribution is 2.40. The topological polar surface area (TPSA) is 119 Å². The molecule has 1 fully saturated rings. The number of amides is 2. The molecule has 0 spiro atoms. The third-order valence-electron chi connectivity index (χ3n) is 5.87. The van der Waals surface area contributed by atoms with Crippen LogP contribution in [0, 0.1) is 5.92 Å². The van der Waals surface area contributed by atoms with Gasteiger partial charge in [0.2, 0.25) is 11.7 Å². The van der Waals surface area contributed by atoms with Crippen LogP contribution in [-0.2, 0) is 4.79 Å². The number of nitrogens with one attached hydrogen (secondary N) is 2. The fraction of sp³-hybridized carbons (Fsp3) is 0.391. The minimum atomic E-state index is -0.237. The van der Waals surface area contributed by atoms with Gasteiger partial charge in [-0.3, -0.25) is 9.59 Å². The molecule has 1 aliphatic heterocycles. The normalized spacial score (nSPS) is 15.5. The van der Waals surface area contributed by atoms with E-state index in [0.717, 1.165) is 13.0 Å². The van der Waals surface area contributed by atoms with Crippen molar-refractivity contribution in [3.63, 3.8) is 0 Å². The van der Waals surface area contributed by atoms with Gasteiger partial charge in [0.05, 0.1) is 38.8 Å². The van der Waals surface area contributed by atoms with E-state index in [9.17, 15) is 9.59 Å². The number of hydrogen-bond donors (Lipinski definition) is 2. The SMILES string of the molecule is COc1cc(-c2cnc3[nH]cc(C(=O)NCC4CCN(C(C)=O)C4)c3n2)cc(OC)c1OC. The Balaban J connectivity index is 1.58. The summed E-state index contributed by atoms with van der Waals surface area (Å²) < 4.78 is 16.2. The molecule has 1 aromatic carbocycles. The Hall–Kier alpha value is -3.82. The van der Waals surface area contributed by atoms with E-state index in [2.05, 4.69) is 20.3 Å². The molecule has 2 N–H and O–H groups in total. The summed E-state index contributed by atoms with van der Waals surface area (Å²) >= 11 is 0. The quantitative estimate of drug-likeness (QED) is 0.563. The molecule has 3 heterocycles. The van der Waals surface area contributed by atoms with Crippen LogP contribution in [0.4, 0.5) is 0 Å². The van der Waals surface area contributed by atoms with Crippen molar-refractivity contribution in [3.05, 3.63) is 30.1 Å². The van der Waals surface area contributed by atoms with Gasteiger partial charge in [-0.15, -0.1) is 0 Å². The van der Waals surface area contributed by atoms with Gasteiger partial charge in [-0.1, -0.05) is 0 Å². The molecule has 4 rings (SSSR count). The molecule has 2 aromatic heterocycles. The first kappa shape index (κ1) is 22.4. The van der Waals surface area contributed by atoms with E-state index < -0.39 is 0 Å². The number of likely N-dealkylation sites (tertiary alicyclic amines) is 1. The predicted molar refractivity (Wildman–Crippen MR) is 122 cm³/mol. The lowest BCUT2D eigenvalue weighted by atomic mass is 10.1. The zero-order valence-corrected chi connectivity index (χ0v) is 19.1. The van der Waals surface area contributed by atoms with E-state index in [1.807, 2.05) is 0 Å². The summed E-state index contributed by atoms with van der Waals surface area (Å²) in [6.07, 6.45) is 4.10. The molecule has 33 heavy (non-hydrogen) atoms. The molecule has 1 atom stereocenters. The summed E-state index contributed by atoms with van der Waals surface area (Å²) in [6.45, 7) is 3.45. The fourth-order valence-electron chi connectivity index (χ4n) is 4.05. The maximum atomic E-state index is 12.9. The highest BCUT2D eigenvalue weighted by Gasteiger charge is 2.25. The van der Waals surface area contributed by atoms with Crippen molar-refractivity contribution < 1.29 is 23.8 Å². The largest absolute Gasteiger partial charge is 0.493 e. The van der Waals surface area contributed by atoms with E-state index in [4.69, 9.17) is 14.2 Å². The van der Waals surface area contributed by atoms with Gasteiger partial charge < -0.3 is 29.4 Å². The number of methoxy groups -OCH3 is 3. The summed E-state index contributed by atoms with van der Waals surface area (Å²) in [6, 6.07) is 3.56. The van der Waals surface area contributed by atoms with Crippen molar-refractivity contribution >= 4 is 23.0 Å². The van der Waals surface area contributed by atoms with Gasteiger partial charge in [0.25, 0.3) is 5.91 Å². The Morgan fingerprint density at radius 2 is 1.91 bits per heavy atom. The number of carbonyl (C=O) groups is 2. The number of ether oxygens (including phenoxy) is 3. The summed E-state index contributed by atoms with van der Waals surface area (Å²) in [4.78, 5) is 38.3. The maximum absolute atomic E-state index is 12.9. The number of aromatic nitrogens is 3. The van der Waals surface area contributed by atoms with Crippen molar-refractivity contribution in [1.82, 2.24) is 25.2 Å². The molecule has 0 bridgehead atoms. The first-order chi connectivity index (χ1) is 15.9. The van der Waals surface area contributed by atoms with E-state index in [0.29, 0.717) is 58.3 Å². The van der Waals surface area contributed by atoms with Crippen molar-refractivity contribution in [2.45, 2.75) is 13.3 Å². The standard InChI is InChI=1S/C23H27N5O5/c1-13(29)28-6-5-14(12-28)9-26-23(30)16-10-24-22-20(16)27-17(11-25-22)15-7-18(31-2)21(33-4)19(8-15)32-3/h7-8,10-11,14H,5-6,9,12H2,1-4H3,(H,24,25)(H,26,30). The van der Waals surface area contributed by atoms with Crippen LogP contribution >= 0.6 is 0 Å². The highest BCUT2D eigenvalue weighted by molar-refractivity contribution is 6.04. The predicted octanol–water partition coefficient (Wildman–Crippen LogP) is 2.25. The van der Waals surface area contributed by atoms with Gasteiger partial charge in [-0.05, 0) is 24.5 Å². The molecule has 3 aromatic rings. The van der Waals surface area contributed by atoms with Gasteiger partial charge in [0.15, 0.2) is 17.1 Å². The van der Waals surface area contributed by atoms with Crippen molar-refractivity contribution in [3.8, 4) is 28.5 Å². The monoisotopic (exact) mass is 453 g/mol. The van der Waals surface area contributed by atoms with Gasteiger partial charge in [0.1, 0.15) is 5.52 Å². The van der Waals surface area contributed by atoms with E-state index in [1.165, 1.54) is 0 Å². The van der Waals surface area contributed by atoms with Crippen LogP contribution in [-0.4, -0.2) is 72.6 Å². The molecule has 10 nitrogen and oxygen atoms in total. The first-order valence-corrected chi connectivity index (χ1v) is 10.6. The molecule has 1 saturated heterocycles. The summed E-state index contributed by atoms with van der Waals surface area (Å²) in [7, 11) is 4.63. The number of fused-ring (bicyclic) bond motifs is 1. The molecular weight excluding hydrogens is 426 g/mol. The van der Waals surface area contributed by atoms with Crippen LogP contribution in [0.2, 0.25) is 0 Å². The average Bonchev–Trinajstić information content (AvgIpc) is 3.48. The molecular formula is C23H27N5O5. The van der Waals surface area contributed by atoms with Crippen LogP contribution in [0.1, 0.15) is 23.7 Å². The average molecular weight is 453 g/mol.